The number of urea groups is 2. The molecule has 88 valence electrons. The minimum Gasteiger partial charge on any atom is -0.329 e. The average Bonchev–Trinajstić information content (AvgIpc) is 2.58. The van der Waals surface area contributed by atoms with E-state index in [4.69, 9.17) is 0 Å². The van der Waals surface area contributed by atoms with Crippen molar-refractivity contribution in [2.24, 2.45) is 0 Å². The van der Waals surface area contributed by atoms with Crippen LogP contribution in [0.3, 0.4) is 0 Å². The molecule has 4 N–H and O–H groups in total. The van der Waals surface area contributed by atoms with Crippen LogP contribution in [0.1, 0.15) is 13.8 Å². The van der Waals surface area contributed by atoms with E-state index >= 15 is 0 Å². The van der Waals surface area contributed by atoms with Gasteiger partial charge in [-0.3, -0.25) is 20.2 Å². The lowest BCUT2D eigenvalue weighted by atomic mass is 10.1. The standard InChI is InChI=1S/C5H8N2O2.C3H4N2O2/c1-5(2)3(8)6-4(9)7-5;6-2-1-4-3(7)5-2/h1-2H3,(H2,6,7,8,9);1H2,(H2,4,5,6,7). The number of nitrogens with one attached hydrogen (secondary N) is 4. The molecule has 0 aromatic carbocycles. The highest BCUT2D eigenvalue weighted by atomic mass is 16.2. The summed E-state index contributed by atoms with van der Waals surface area (Å²) in [5, 5.41) is 8.86. The number of hydrogen-bond donors (Lipinski definition) is 4. The molecule has 6 amide bonds. The van der Waals surface area contributed by atoms with Gasteiger partial charge in [0.25, 0.3) is 5.91 Å². The summed E-state index contributed by atoms with van der Waals surface area (Å²) < 4.78 is 0. The molecule has 2 aliphatic heterocycles. The molecular weight excluding hydrogens is 216 g/mol. The number of rotatable bonds is 0. The Morgan fingerprint density at radius 2 is 1.62 bits per heavy atom. The van der Waals surface area contributed by atoms with E-state index in [0.717, 1.165) is 0 Å². The van der Waals surface area contributed by atoms with Crippen LogP contribution in [0.2, 0.25) is 0 Å². The third-order valence-corrected chi connectivity index (χ3v) is 1.88. The van der Waals surface area contributed by atoms with Crippen molar-refractivity contribution in [3.63, 3.8) is 0 Å². The van der Waals surface area contributed by atoms with Gasteiger partial charge < -0.3 is 10.6 Å². The number of carbonyl (C=O) groups is 4. The number of hydrogen-bond acceptors (Lipinski definition) is 4. The van der Waals surface area contributed by atoms with E-state index in [1.807, 2.05) is 5.32 Å². The summed E-state index contributed by atoms with van der Waals surface area (Å²) in [5.74, 6) is -0.530. The van der Waals surface area contributed by atoms with Gasteiger partial charge in [-0.25, -0.2) is 9.59 Å². The van der Waals surface area contributed by atoms with Crippen LogP contribution in [-0.2, 0) is 9.59 Å². The molecule has 0 aromatic rings. The molecule has 0 radical (unpaired) electrons. The third kappa shape index (κ3) is 2.94. The zero-order valence-electron chi connectivity index (χ0n) is 8.84. The second-order valence-electron chi connectivity index (χ2n) is 3.76. The third-order valence-electron chi connectivity index (χ3n) is 1.88. The fourth-order valence-corrected chi connectivity index (χ4v) is 1.01. The van der Waals surface area contributed by atoms with Crippen LogP contribution in [0.5, 0.6) is 0 Å². The van der Waals surface area contributed by atoms with Crippen molar-refractivity contribution < 1.29 is 19.2 Å². The predicted molar refractivity (Wildman–Crippen MR) is 52.3 cm³/mol. The molecule has 0 unspecified atom stereocenters. The molecule has 0 saturated carbocycles. The molecule has 2 aliphatic rings. The van der Waals surface area contributed by atoms with E-state index in [-0.39, 0.29) is 18.4 Å². The summed E-state index contributed by atoms with van der Waals surface area (Å²) >= 11 is 0. The lowest BCUT2D eigenvalue weighted by Gasteiger charge is -2.11. The lowest BCUT2D eigenvalue weighted by molar-refractivity contribution is -0.122. The van der Waals surface area contributed by atoms with Gasteiger partial charge in [-0.1, -0.05) is 0 Å². The highest BCUT2D eigenvalue weighted by molar-refractivity contribution is 6.06. The summed E-state index contributed by atoms with van der Waals surface area (Å²) in [6.45, 7) is 3.42. The first-order chi connectivity index (χ1) is 7.31. The smallest absolute Gasteiger partial charge is 0.322 e. The second-order valence-corrected chi connectivity index (χ2v) is 3.76. The SMILES string of the molecule is CC1(C)NC(=O)NC1=O.O=C1CNC(=O)N1. The molecule has 16 heavy (non-hydrogen) atoms. The van der Waals surface area contributed by atoms with Crippen LogP contribution < -0.4 is 21.3 Å². The van der Waals surface area contributed by atoms with Crippen molar-refractivity contribution in [3.8, 4) is 0 Å². The first kappa shape index (κ1) is 12.0. The largest absolute Gasteiger partial charge is 0.329 e. The Bertz CT molecular complexity index is 349. The minimum absolute atomic E-state index is 0.124. The van der Waals surface area contributed by atoms with Crippen LogP contribution >= 0.6 is 0 Å². The van der Waals surface area contributed by atoms with Gasteiger partial charge in [0.2, 0.25) is 5.91 Å². The molecule has 2 saturated heterocycles. The van der Waals surface area contributed by atoms with Gasteiger partial charge in [0.05, 0.1) is 6.54 Å². The zero-order chi connectivity index (χ0) is 12.3. The molecule has 0 aromatic heterocycles. The molecule has 2 fully saturated rings. The Hall–Kier alpha value is -2.12. The van der Waals surface area contributed by atoms with Crippen LogP contribution in [0.4, 0.5) is 9.59 Å². The van der Waals surface area contributed by atoms with E-state index in [0.29, 0.717) is 0 Å². The molecule has 8 heteroatoms. The maximum Gasteiger partial charge on any atom is 0.322 e. The van der Waals surface area contributed by atoms with Crippen molar-refractivity contribution in [1.82, 2.24) is 21.3 Å². The highest BCUT2D eigenvalue weighted by Crippen LogP contribution is 2.05. The van der Waals surface area contributed by atoms with Gasteiger partial charge in [0.15, 0.2) is 0 Å². The van der Waals surface area contributed by atoms with E-state index in [1.165, 1.54) is 0 Å². The Morgan fingerprint density at radius 3 is 1.75 bits per heavy atom. The predicted octanol–water partition coefficient (Wildman–Crippen LogP) is -1.57. The molecule has 0 bridgehead atoms. The first-order valence-electron chi connectivity index (χ1n) is 4.52. The summed E-state index contributed by atoms with van der Waals surface area (Å²) in [6.07, 6.45) is 0. The fraction of sp³-hybridized carbons (Fsp3) is 0.500. The van der Waals surface area contributed by atoms with E-state index in [1.54, 1.807) is 13.8 Å². The molecule has 2 rings (SSSR count). The Morgan fingerprint density at radius 1 is 1.00 bits per heavy atom. The maximum absolute atomic E-state index is 10.7. The zero-order valence-corrected chi connectivity index (χ0v) is 8.84. The minimum atomic E-state index is -0.725. The Kier molecular flexibility index (Phi) is 3.11. The van der Waals surface area contributed by atoms with Crippen LogP contribution in [0.15, 0.2) is 0 Å². The normalized spacial score (nSPS) is 21.4. The van der Waals surface area contributed by atoms with Gasteiger partial charge in [-0.2, -0.15) is 0 Å². The summed E-state index contributed by atoms with van der Waals surface area (Å²) in [5.41, 5.74) is -0.725. The first-order valence-corrected chi connectivity index (χ1v) is 4.52. The summed E-state index contributed by atoms with van der Waals surface area (Å²) in [4.78, 5) is 41.2. The van der Waals surface area contributed by atoms with Crippen LogP contribution in [-0.4, -0.2) is 36.0 Å². The van der Waals surface area contributed by atoms with Crippen molar-refractivity contribution in [2.75, 3.05) is 6.54 Å². The Labute approximate surface area is 91.1 Å². The van der Waals surface area contributed by atoms with Crippen molar-refractivity contribution >= 4 is 23.9 Å². The molecule has 8 nitrogen and oxygen atoms in total. The van der Waals surface area contributed by atoms with Crippen molar-refractivity contribution in [3.05, 3.63) is 0 Å². The highest BCUT2D eigenvalue weighted by Gasteiger charge is 2.36. The summed E-state index contributed by atoms with van der Waals surface area (Å²) in [7, 11) is 0. The average molecular weight is 228 g/mol. The second kappa shape index (κ2) is 4.17. The topological polar surface area (TPSA) is 116 Å². The van der Waals surface area contributed by atoms with Gasteiger partial charge in [-0.15, -0.1) is 0 Å². The van der Waals surface area contributed by atoms with Gasteiger partial charge in [0, 0.05) is 0 Å². The van der Waals surface area contributed by atoms with E-state index in [2.05, 4.69) is 16.0 Å². The summed E-state index contributed by atoms with van der Waals surface area (Å²) in [6, 6.07) is -0.810. The maximum atomic E-state index is 10.7. The van der Waals surface area contributed by atoms with Gasteiger partial charge >= 0.3 is 12.1 Å². The number of amides is 6. The lowest BCUT2D eigenvalue weighted by Crippen LogP contribution is -2.39. The quantitative estimate of drug-likeness (QED) is 0.375. The van der Waals surface area contributed by atoms with Crippen LogP contribution in [0, 0.1) is 0 Å². The molecule has 0 spiro atoms. The Balaban J connectivity index is 0.000000165. The van der Waals surface area contributed by atoms with Crippen LogP contribution in [0.25, 0.3) is 0 Å². The van der Waals surface area contributed by atoms with Gasteiger partial charge in [-0.05, 0) is 13.8 Å². The van der Waals surface area contributed by atoms with E-state index in [9.17, 15) is 19.2 Å². The number of imide groups is 2. The van der Waals surface area contributed by atoms with Crippen molar-refractivity contribution in [1.29, 1.82) is 0 Å². The fourth-order valence-electron chi connectivity index (χ4n) is 1.01. The van der Waals surface area contributed by atoms with Gasteiger partial charge in [0.1, 0.15) is 5.54 Å². The molecule has 0 atom stereocenters. The molecule has 0 aliphatic carbocycles. The van der Waals surface area contributed by atoms with E-state index < -0.39 is 17.6 Å². The monoisotopic (exact) mass is 228 g/mol. The molecule has 2 heterocycles. The van der Waals surface area contributed by atoms with Crippen molar-refractivity contribution in [2.45, 2.75) is 19.4 Å². The number of carbonyl (C=O) groups excluding carboxylic acids is 4. The molecular formula is C8H12N4O4.